The van der Waals surface area contributed by atoms with Gasteiger partial charge in [-0.3, -0.25) is 15.0 Å². The Morgan fingerprint density at radius 2 is 1.85 bits per heavy atom. The zero-order valence-corrected chi connectivity index (χ0v) is 12.8. The summed E-state index contributed by atoms with van der Waals surface area (Å²) in [4.78, 5) is 25.7. The lowest BCUT2D eigenvalue weighted by molar-refractivity contribution is -0.125. The van der Waals surface area contributed by atoms with Crippen molar-refractivity contribution in [3.63, 3.8) is 0 Å². The van der Waals surface area contributed by atoms with Crippen LogP contribution in [0.25, 0.3) is 0 Å². The minimum atomic E-state index is -0.425. The average molecular weight is 284 g/mol. The third-order valence-corrected chi connectivity index (χ3v) is 4.03. The SMILES string of the molecule is CCNC(=O)NC(=O)C(C)N(CC)C1CCC(N)CC1. The molecule has 0 aromatic rings. The number of imide groups is 1. The Labute approximate surface area is 121 Å². The molecule has 1 atom stereocenters. The second-order valence-electron chi connectivity index (χ2n) is 5.42. The molecule has 1 rings (SSSR count). The average Bonchev–Trinajstić information content (AvgIpc) is 2.41. The summed E-state index contributed by atoms with van der Waals surface area (Å²) in [5.41, 5.74) is 5.92. The van der Waals surface area contributed by atoms with E-state index in [2.05, 4.69) is 15.5 Å². The molecule has 6 heteroatoms. The maximum atomic E-state index is 12.1. The van der Waals surface area contributed by atoms with Crippen molar-refractivity contribution < 1.29 is 9.59 Å². The second-order valence-corrected chi connectivity index (χ2v) is 5.42. The Balaban J connectivity index is 2.55. The maximum Gasteiger partial charge on any atom is 0.321 e. The summed E-state index contributed by atoms with van der Waals surface area (Å²) in [6, 6.07) is -0.0489. The van der Waals surface area contributed by atoms with Crippen molar-refractivity contribution in [2.75, 3.05) is 13.1 Å². The molecule has 1 saturated carbocycles. The smallest absolute Gasteiger partial charge is 0.321 e. The van der Waals surface area contributed by atoms with E-state index < -0.39 is 6.03 Å². The van der Waals surface area contributed by atoms with E-state index in [1.54, 1.807) is 0 Å². The van der Waals surface area contributed by atoms with Gasteiger partial charge in [0, 0.05) is 18.6 Å². The van der Waals surface area contributed by atoms with Crippen LogP contribution in [0.3, 0.4) is 0 Å². The standard InChI is InChI=1S/C14H28N4O2/c1-4-16-14(20)17-13(19)10(3)18(5-2)12-8-6-11(15)7-9-12/h10-12H,4-9,15H2,1-3H3,(H2,16,17,19,20). The first-order chi connectivity index (χ1) is 9.49. The molecule has 4 N–H and O–H groups in total. The summed E-state index contributed by atoms with van der Waals surface area (Å²) < 4.78 is 0. The van der Waals surface area contributed by atoms with Gasteiger partial charge in [0.2, 0.25) is 5.91 Å². The Kier molecular flexibility index (Phi) is 6.95. The van der Waals surface area contributed by atoms with Gasteiger partial charge >= 0.3 is 6.03 Å². The first kappa shape index (κ1) is 16.9. The van der Waals surface area contributed by atoms with Crippen LogP contribution >= 0.6 is 0 Å². The van der Waals surface area contributed by atoms with Crippen LogP contribution in [0.2, 0.25) is 0 Å². The fraction of sp³-hybridized carbons (Fsp3) is 0.857. The Morgan fingerprint density at radius 1 is 1.25 bits per heavy atom. The van der Waals surface area contributed by atoms with Gasteiger partial charge < -0.3 is 11.1 Å². The van der Waals surface area contributed by atoms with Crippen LogP contribution in [-0.4, -0.2) is 48.1 Å². The summed E-state index contributed by atoms with van der Waals surface area (Å²) in [6.45, 7) is 7.02. The monoisotopic (exact) mass is 284 g/mol. The van der Waals surface area contributed by atoms with Crippen LogP contribution in [0.5, 0.6) is 0 Å². The van der Waals surface area contributed by atoms with Crippen molar-refractivity contribution in [2.24, 2.45) is 5.73 Å². The van der Waals surface area contributed by atoms with Crippen LogP contribution in [0.1, 0.15) is 46.5 Å². The topological polar surface area (TPSA) is 87.5 Å². The molecule has 0 aromatic heterocycles. The number of nitrogens with one attached hydrogen (secondary N) is 2. The van der Waals surface area contributed by atoms with Crippen LogP contribution < -0.4 is 16.4 Å². The van der Waals surface area contributed by atoms with Gasteiger partial charge in [-0.25, -0.2) is 4.79 Å². The Bertz CT molecular complexity index is 327. The fourth-order valence-corrected chi connectivity index (χ4v) is 2.85. The summed E-state index contributed by atoms with van der Waals surface area (Å²) >= 11 is 0. The number of carbonyl (C=O) groups excluding carboxylic acids is 2. The minimum absolute atomic E-state index is 0.243. The number of carbonyl (C=O) groups is 2. The highest BCUT2D eigenvalue weighted by Crippen LogP contribution is 2.23. The van der Waals surface area contributed by atoms with Gasteiger partial charge in [-0.1, -0.05) is 6.92 Å². The summed E-state index contributed by atoms with van der Waals surface area (Å²) in [7, 11) is 0. The van der Waals surface area contributed by atoms with Gasteiger partial charge in [0.25, 0.3) is 0 Å². The summed E-state index contributed by atoms with van der Waals surface area (Å²) in [6.07, 6.45) is 4.05. The van der Waals surface area contributed by atoms with Crippen molar-refractivity contribution in [2.45, 2.75) is 64.6 Å². The third-order valence-electron chi connectivity index (χ3n) is 4.03. The molecule has 0 radical (unpaired) electrons. The van der Waals surface area contributed by atoms with E-state index in [0.717, 1.165) is 32.2 Å². The molecular formula is C14H28N4O2. The van der Waals surface area contributed by atoms with Gasteiger partial charge in [-0.15, -0.1) is 0 Å². The van der Waals surface area contributed by atoms with Crippen molar-refractivity contribution >= 4 is 11.9 Å². The van der Waals surface area contributed by atoms with Crippen LogP contribution in [0.15, 0.2) is 0 Å². The molecule has 20 heavy (non-hydrogen) atoms. The number of amides is 3. The van der Waals surface area contributed by atoms with Crippen molar-refractivity contribution in [1.29, 1.82) is 0 Å². The van der Waals surface area contributed by atoms with E-state index in [0.29, 0.717) is 18.6 Å². The van der Waals surface area contributed by atoms with Crippen LogP contribution in [0.4, 0.5) is 4.79 Å². The number of urea groups is 1. The third kappa shape index (κ3) is 4.76. The molecule has 3 amide bonds. The first-order valence-electron chi connectivity index (χ1n) is 7.59. The van der Waals surface area contributed by atoms with Gasteiger partial charge in [0.05, 0.1) is 6.04 Å². The fourth-order valence-electron chi connectivity index (χ4n) is 2.85. The summed E-state index contributed by atoms with van der Waals surface area (Å²) in [5.74, 6) is -0.243. The number of likely N-dealkylation sites (N-methyl/N-ethyl adjacent to an activating group) is 1. The van der Waals surface area contributed by atoms with Gasteiger partial charge in [-0.2, -0.15) is 0 Å². The van der Waals surface area contributed by atoms with Gasteiger partial charge in [0.15, 0.2) is 0 Å². The van der Waals surface area contributed by atoms with E-state index in [4.69, 9.17) is 5.73 Å². The number of hydrogen-bond donors (Lipinski definition) is 3. The first-order valence-corrected chi connectivity index (χ1v) is 7.59. The molecule has 1 aliphatic carbocycles. The largest absolute Gasteiger partial charge is 0.338 e. The van der Waals surface area contributed by atoms with Crippen molar-refractivity contribution in [3.05, 3.63) is 0 Å². The quantitative estimate of drug-likeness (QED) is 0.697. The Hall–Kier alpha value is -1.14. The lowest BCUT2D eigenvalue weighted by Gasteiger charge is -2.38. The van der Waals surface area contributed by atoms with Crippen molar-refractivity contribution in [1.82, 2.24) is 15.5 Å². The van der Waals surface area contributed by atoms with Crippen LogP contribution in [-0.2, 0) is 4.79 Å². The predicted molar refractivity (Wildman–Crippen MR) is 79.3 cm³/mol. The molecule has 0 bridgehead atoms. The normalized spacial score (nSPS) is 24.2. The lowest BCUT2D eigenvalue weighted by Crippen LogP contribution is -2.53. The molecule has 0 aliphatic heterocycles. The number of hydrogen-bond acceptors (Lipinski definition) is 4. The van der Waals surface area contributed by atoms with Gasteiger partial charge in [-0.05, 0) is 46.1 Å². The highest BCUT2D eigenvalue weighted by Gasteiger charge is 2.30. The van der Waals surface area contributed by atoms with Gasteiger partial charge in [0.1, 0.15) is 0 Å². The molecular weight excluding hydrogens is 256 g/mol. The highest BCUT2D eigenvalue weighted by molar-refractivity contribution is 5.96. The molecule has 0 saturated heterocycles. The maximum absolute atomic E-state index is 12.1. The molecule has 1 fully saturated rings. The number of nitrogens with zero attached hydrogens (tertiary/aromatic N) is 1. The second kappa shape index (κ2) is 8.21. The van der Waals surface area contributed by atoms with E-state index in [9.17, 15) is 9.59 Å². The van der Waals surface area contributed by atoms with E-state index in [-0.39, 0.29) is 11.9 Å². The predicted octanol–water partition coefficient (Wildman–Crippen LogP) is 0.812. The van der Waals surface area contributed by atoms with Crippen molar-refractivity contribution in [3.8, 4) is 0 Å². The Morgan fingerprint density at radius 3 is 2.35 bits per heavy atom. The number of rotatable bonds is 5. The summed E-state index contributed by atoms with van der Waals surface area (Å²) in [5, 5.41) is 4.96. The van der Waals surface area contributed by atoms with E-state index >= 15 is 0 Å². The molecule has 1 aliphatic rings. The zero-order chi connectivity index (χ0) is 15.1. The van der Waals surface area contributed by atoms with E-state index in [1.807, 2.05) is 20.8 Å². The van der Waals surface area contributed by atoms with Crippen LogP contribution in [0, 0.1) is 0 Å². The number of nitrogens with two attached hydrogens (primary N) is 1. The molecule has 0 spiro atoms. The molecule has 0 aromatic carbocycles. The highest BCUT2D eigenvalue weighted by atomic mass is 16.2. The molecule has 0 heterocycles. The molecule has 116 valence electrons. The minimum Gasteiger partial charge on any atom is -0.338 e. The van der Waals surface area contributed by atoms with E-state index in [1.165, 1.54) is 0 Å². The lowest BCUT2D eigenvalue weighted by atomic mass is 9.90. The molecule has 1 unspecified atom stereocenters. The zero-order valence-electron chi connectivity index (χ0n) is 12.8. The molecule has 6 nitrogen and oxygen atoms in total.